The van der Waals surface area contributed by atoms with Gasteiger partial charge in [-0.05, 0) is 61.8 Å². The number of aryl methyl sites for hydroxylation is 1. The van der Waals surface area contributed by atoms with E-state index in [1.165, 1.54) is 34.3 Å². The van der Waals surface area contributed by atoms with Gasteiger partial charge in [0.05, 0.1) is 0 Å². The molecular formula is C23H28. The average Bonchev–Trinajstić information content (AvgIpc) is 2.76. The van der Waals surface area contributed by atoms with E-state index in [4.69, 9.17) is 0 Å². The summed E-state index contributed by atoms with van der Waals surface area (Å²) in [5.74, 6) is 0.664. The van der Waals surface area contributed by atoms with Crippen LogP contribution in [0.25, 0.3) is 5.57 Å². The van der Waals surface area contributed by atoms with Gasteiger partial charge in [0.25, 0.3) is 0 Å². The summed E-state index contributed by atoms with van der Waals surface area (Å²) in [5.41, 5.74) is 6.59. The van der Waals surface area contributed by atoms with E-state index in [9.17, 15) is 0 Å². The van der Waals surface area contributed by atoms with Gasteiger partial charge in [-0.25, -0.2) is 0 Å². The number of allylic oxidation sites excluding steroid dienone is 10. The molecule has 0 saturated heterocycles. The number of benzene rings is 1. The van der Waals surface area contributed by atoms with Gasteiger partial charge >= 0.3 is 0 Å². The van der Waals surface area contributed by atoms with Crippen molar-refractivity contribution in [3.63, 3.8) is 0 Å². The normalized spacial score (nSPS) is 19.8. The topological polar surface area (TPSA) is 0 Å². The maximum atomic E-state index is 2.38. The van der Waals surface area contributed by atoms with Gasteiger partial charge in [-0.3, -0.25) is 0 Å². The third-order valence-electron chi connectivity index (χ3n) is 4.32. The number of hydrogen-bond donors (Lipinski definition) is 0. The molecule has 120 valence electrons. The highest BCUT2D eigenvalue weighted by molar-refractivity contribution is 5.80. The first-order chi connectivity index (χ1) is 11.1. The fourth-order valence-corrected chi connectivity index (χ4v) is 2.88. The van der Waals surface area contributed by atoms with E-state index in [-0.39, 0.29) is 0 Å². The fraction of sp³-hybridized carbons (Fsp3) is 0.304. The zero-order valence-electron chi connectivity index (χ0n) is 14.8. The molecule has 0 radical (unpaired) electrons. The summed E-state index contributed by atoms with van der Waals surface area (Å²) in [6.07, 6.45) is 17.9. The van der Waals surface area contributed by atoms with Gasteiger partial charge in [0.1, 0.15) is 0 Å². The molecule has 2 rings (SSSR count). The first-order valence-corrected chi connectivity index (χ1v) is 8.58. The Morgan fingerprint density at radius 1 is 1.22 bits per heavy atom. The third kappa shape index (κ3) is 4.96. The van der Waals surface area contributed by atoms with Crippen molar-refractivity contribution >= 4 is 5.57 Å². The molecule has 0 amide bonds. The predicted octanol–water partition coefficient (Wildman–Crippen LogP) is 6.81. The van der Waals surface area contributed by atoms with Gasteiger partial charge in [-0.1, -0.05) is 79.3 Å². The van der Waals surface area contributed by atoms with Crippen molar-refractivity contribution in [2.75, 3.05) is 0 Å². The molecule has 0 heterocycles. The molecule has 1 aromatic rings. The highest BCUT2D eigenvalue weighted by Gasteiger charge is 2.09. The molecule has 0 aromatic heterocycles. The van der Waals surface area contributed by atoms with Crippen molar-refractivity contribution in [3.8, 4) is 0 Å². The zero-order valence-corrected chi connectivity index (χ0v) is 14.8. The van der Waals surface area contributed by atoms with Crippen LogP contribution in [0.5, 0.6) is 0 Å². The number of rotatable bonds is 4. The van der Waals surface area contributed by atoms with Crippen LogP contribution in [0.4, 0.5) is 0 Å². The quantitative estimate of drug-likeness (QED) is 0.536. The molecule has 0 N–H and O–H groups in total. The third-order valence-corrected chi connectivity index (χ3v) is 4.32. The van der Waals surface area contributed by atoms with Crippen molar-refractivity contribution in [3.05, 3.63) is 89.1 Å². The van der Waals surface area contributed by atoms with E-state index in [2.05, 4.69) is 87.6 Å². The summed E-state index contributed by atoms with van der Waals surface area (Å²) in [6.45, 7) is 8.73. The minimum Gasteiger partial charge on any atom is -0.0877 e. The van der Waals surface area contributed by atoms with Gasteiger partial charge in [0.2, 0.25) is 0 Å². The Hall–Kier alpha value is -2.08. The largest absolute Gasteiger partial charge is 0.0877 e. The second-order valence-corrected chi connectivity index (χ2v) is 6.37. The fourth-order valence-electron chi connectivity index (χ4n) is 2.88. The first kappa shape index (κ1) is 17.3. The lowest BCUT2D eigenvalue weighted by atomic mass is 9.93. The zero-order chi connectivity index (χ0) is 16.7. The van der Waals surface area contributed by atoms with Crippen LogP contribution in [-0.4, -0.2) is 0 Å². The van der Waals surface area contributed by atoms with Crippen LogP contribution in [0.1, 0.15) is 44.7 Å². The summed E-state index contributed by atoms with van der Waals surface area (Å²) in [4.78, 5) is 0. The Morgan fingerprint density at radius 2 is 2.04 bits per heavy atom. The molecule has 0 bridgehead atoms. The minimum atomic E-state index is 0.664. The minimum absolute atomic E-state index is 0.664. The Balaban J connectivity index is 2.50. The van der Waals surface area contributed by atoms with Gasteiger partial charge in [-0.2, -0.15) is 0 Å². The molecule has 1 atom stereocenters. The molecule has 0 heteroatoms. The molecule has 1 aliphatic rings. The van der Waals surface area contributed by atoms with Crippen molar-refractivity contribution in [1.82, 2.24) is 0 Å². The van der Waals surface area contributed by atoms with Crippen LogP contribution >= 0.6 is 0 Å². The first-order valence-electron chi connectivity index (χ1n) is 8.58. The molecule has 0 fully saturated rings. The van der Waals surface area contributed by atoms with E-state index < -0.39 is 0 Å². The lowest BCUT2D eigenvalue weighted by Gasteiger charge is -2.11. The molecule has 1 unspecified atom stereocenters. The van der Waals surface area contributed by atoms with Crippen LogP contribution < -0.4 is 0 Å². The maximum absolute atomic E-state index is 2.38. The van der Waals surface area contributed by atoms with E-state index in [0.717, 1.165) is 6.42 Å². The SMILES string of the molecule is C/C=C/C=C\C(=C(/C)C1=CCCC(C)C=C1)c1cccc(C)c1. The Labute approximate surface area is 141 Å². The maximum Gasteiger partial charge on any atom is -0.0149 e. The van der Waals surface area contributed by atoms with E-state index >= 15 is 0 Å². The molecule has 23 heavy (non-hydrogen) atoms. The molecular weight excluding hydrogens is 276 g/mol. The lowest BCUT2D eigenvalue weighted by Crippen LogP contribution is -1.91. The highest BCUT2D eigenvalue weighted by atomic mass is 14.1. The second-order valence-electron chi connectivity index (χ2n) is 6.37. The van der Waals surface area contributed by atoms with Crippen molar-refractivity contribution in [1.29, 1.82) is 0 Å². The Bertz CT molecular complexity index is 678. The van der Waals surface area contributed by atoms with Crippen LogP contribution in [0.3, 0.4) is 0 Å². The summed E-state index contributed by atoms with van der Waals surface area (Å²) in [7, 11) is 0. The highest BCUT2D eigenvalue weighted by Crippen LogP contribution is 2.29. The van der Waals surface area contributed by atoms with Gasteiger partial charge < -0.3 is 0 Å². The van der Waals surface area contributed by atoms with E-state index in [0.29, 0.717) is 5.92 Å². The van der Waals surface area contributed by atoms with Crippen molar-refractivity contribution in [2.45, 2.75) is 40.5 Å². The molecule has 0 nitrogen and oxygen atoms in total. The molecule has 0 spiro atoms. The molecule has 1 aromatic carbocycles. The Kier molecular flexibility index (Phi) is 6.40. The summed E-state index contributed by atoms with van der Waals surface area (Å²) < 4.78 is 0. The summed E-state index contributed by atoms with van der Waals surface area (Å²) >= 11 is 0. The summed E-state index contributed by atoms with van der Waals surface area (Å²) in [5, 5.41) is 0. The van der Waals surface area contributed by atoms with Crippen molar-refractivity contribution < 1.29 is 0 Å². The lowest BCUT2D eigenvalue weighted by molar-refractivity contribution is 0.662. The predicted molar refractivity (Wildman–Crippen MR) is 103 cm³/mol. The van der Waals surface area contributed by atoms with E-state index in [1.807, 2.05) is 6.92 Å². The average molecular weight is 304 g/mol. The standard InChI is InChI=1S/C23H28/c1-5-6-7-14-23(22-13-9-11-19(3)17-22)20(4)21-12-8-10-18(2)15-16-21/h5-7,9,11-18H,8,10H2,1-4H3/b6-5+,14-7-,23-20-. The number of hydrogen-bond acceptors (Lipinski definition) is 0. The van der Waals surface area contributed by atoms with Gasteiger partial charge in [0.15, 0.2) is 0 Å². The molecule has 0 saturated carbocycles. The smallest absolute Gasteiger partial charge is 0.0149 e. The summed E-state index contributed by atoms with van der Waals surface area (Å²) in [6, 6.07) is 8.76. The van der Waals surface area contributed by atoms with Crippen LogP contribution in [0, 0.1) is 12.8 Å². The monoisotopic (exact) mass is 304 g/mol. The van der Waals surface area contributed by atoms with E-state index in [1.54, 1.807) is 0 Å². The van der Waals surface area contributed by atoms with Crippen LogP contribution in [-0.2, 0) is 0 Å². The molecule has 0 aliphatic heterocycles. The van der Waals surface area contributed by atoms with Crippen LogP contribution in [0.2, 0.25) is 0 Å². The van der Waals surface area contributed by atoms with Gasteiger partial charge in [-0.15, -0.1) is 0 Å². The second kappa shape index (κ2) is 8.53. The Morgan fingerprint density at radius 3 is 2.78 bits per heavy atom. The van der Waals surface area contributed by atoms with Crippen molar-refractivity contribution in [2.24, 2.45) is 5.92 Å². The molecule has 1 aliphatic carbocycles. The van der Waals surface area contributed by atoms with Crippen LogP contribution in [0.15, 0.2) is 77.9 Å². The van der Waals surface area contributed by atoms with Gasteiger partial charge in [0, 0.05) is 0 Å².